The summed E-state index contributed by atoms with van der Waals surface area (Å²) in [7, 11) is 1.64. The topological polar surface area (TPSA) is 53.5 Å². The van der Waals surface area contributed by atoms with Crippen LogP contribution >= 0.6 is 11.6 Å². The molecule has 0 saturated heterocycles. The van der Waals surface area contributed by atoms with Crippen LogP contribution in [0.4, 0.5) is 0 Å². The highest BCUT2D eigenvalue weighted by Gasteiger charge is 2.02. The van der Waals surface area contributed by atoms with Gasteiger partial charge < -0.3 is 14.2 Å². The average molecular weight is 283 g/mol. The minimum atomic E-state index is 0.444. The monoisotopic (exact) mass is 282 g/mol. The number of ether oxygens (including phenoxy) is 3. The van der Waals surface area contributed by atoms with E-state index in [0.717, 1.165) is 16.7 Å². The van der Waals surface area contributed by atoms with Crippen molar-refractivity contribution in [2.75, 3.05) is 33.5 Å². The summed E-state index contributed by atoms with van der Waals surface area (Å²) in [5.74, 6) is 0.734. The Balaban J connectivity index is 1.88. The largest absolute Gasteiger partial charge is 0.491 e. The van der Waals surface area contributed by atoms with Crippen LogP contribution in [0.25, 0.3) is 10.9 Å². The van der Waals surface area contributed by atoms with E-state index in [9.17, 15) is 0 Å². The van der Waals surface area contributed by atoms with Gasteiger partial charge in [-0.1, -0.05) is 11.6 Å². The summed E-state index contributed by atoms with van der Waals surface area (Å²) in [6, 6.07) is 5.52. The van der Waals surface area contributed by atoms with Gasteiger partial charge in [-0.25, -0.2) is 9.97 Å². The highest BCUT2D eigenvalue weighted by molar-refractivity contribution is 6.34. The van der Waals surface area contributed by atoms with E-state index in [0.29, 0.717) is 31.6 Å². The van der Waals surface area contributed by atoms with Crippen molar-refractivity contribution in [1.29, 1.82) is 0 Å². The number of halogens is 1. The summed E-state index contributed by atoms with van der Waals surface area (Å²) in [5.41, 5.74) is 0.762. The first-order valence-electron chi connectivity index (χ1n) is 5.91. The van der Waals surface area contributed by atoms with Crippen molar-refractivity contribution in [3.63, 3.8) is 0 Å². The predicted molar refractivity (Wildman–Crippen MR) is 72.7 cm³/mol. The van der Waals surface area contributed by atoms with Crippen molar-refractivity contribution < 1.29 is 14.2 Å². The molecule has 0 saturated carbocycles. The molecule has 5 nitrogen and oxygen atoms in total. The lowest BCUT2D eigenvalue weighted by Crippen LogP contribution is -2.09. The van der Waals surface area contributed by atoms with Crippen molar-refractivity contribution in [2.24, 2.45) is 0 Å². The number of fused-ring (bicyclic) bond motifs is 1. The van der Waals surface area contributed by atoms with Crippen molar-refractivity contribution in [2.45, 2.75) is 0 Å². The lowest BCUT2D eigenvalue weighted by atomic mass is 10.2. The quantitative estimate of drug-likeness (QED) is 0.576. The Labute approximate surface area is 116 Å². The number of methoxy groups -OCH3 is 1. The third-order valence-electron chi connectivity index (χ3n) is 2.49. The van der Waals surface area contributed by atoms with Gasteiger partial charge in [0.1, 0.15) is 23.8 Å². The second kappa shape index (κ2) is 7.23. The van der Waals surface area contributed by atoms with E-state index in [4.69, 9.17) is 25.8 Å². The molecular formula is C13H15ClN2O3. The maximum atomic E-state index is 5.96. The van der Waals surface area contributed by atoms with Crippen LogP contribution in [0, 0.1) is 0 Å². The maximum absolute atomic E-state index is 5.96. The molecule has 0 radical (unpaired) electrons. The molecule has 0 N–H and O–H groups in total. The number of hydrogen-bond acceptors (Lipinski definition) is 5. The first kappa shape index (κ1) is 14.0. The zero-order valence-corrected chi connectivity index (χ0v) is 11.4. The molecule has 1 aromatic heterocycles. The molecule has 0 spiro atoms. The number of benzene rings is 1. The van der Waals surface area contributed by atoms with Crippen molar-refractivity contribution >= 4 is 22.5 Å². The fourth-order valence-electron chi connectivity index (χ4n) is 1.56. The standard InChI is InChI=1S/C13H15ClN2O3/c1-17-4-5-18-6-7-19-10-2-3-11-12(8-10)15-9-16-13(11)14/h2-3,8-9H,4-7H2,1H3. The number of hydrogen-bond donors (Lipinski definition) is 0. The molecule has 1 aromatic carbocycles. The van der Waals surface area contributed by atoms with Gasteiger partial charge in [-0.3, -0.25) is 0 Å². The van der Waals surface area contributed by atoms with E-state index in [1.165, 1.54) is 6.33 Å². The van der Waals surface area contributed by atoms with Gasteiger partial charge in [0.05, 0.1) is 25.3 Å². The van der Waals surface area contributed by atoms with E-state index in [-0.39, 0.29) is 0 Å². The maximum Gasteiger partial charge on any atom is 0.140 e. The Morgan fingerprint density at radius 2 is 1.95 bits per heavy atom. The lowest BCUT2D eigenvalue weighted by molar-refractivity contribution is 0.0544. The molecular weight excluding hydrogens is 268 g/mol. The second-order valence-corrected chi connectivity index (χ2v) is 4.16. The van der Waals surface area contributed by atoms with Crippen LogP contribution in [0.2, 0.25) is 5.15 Å². The minimum absolute atomic E-state index is 0.444. The molecule has 0 bridgehead atoms. The zero-order valence-electron chi connectivity index (χ0n) is 10.6. The van der Waals surface area contributed by atoms with E-state index >= 15 is 0 Å². The Hall–Kier alpha value is -1.43. The van der Waals surface area contributed by atoms with Crippen molar-refractivity contribution in [3.8, 4) is 5.75 Å². The van der Waals surface area contributed by atoms with Crippen LogP contribution in [0.15, 0.2) is 24.5 Å². The van der Waals surface area contributed by atoms with E-state index in [1.807, 2.05) is 18.2 Å². The highest BCUT2D eigenvalue weighted by Crippen LogP contribution is 2.23. The molecule has 0 aliphatic carbocycles. The molecule has 0 atom stereocenters. The minimum Gasteiger partial charge on any atom is -0.491 e. The van der Waals surface area contributed by atoms with E-state index in [1.54, 1.807) is 7.11 Å². The van der Waals surface area contributed by atoms with Gasteiger partial charge in [0.25, 0.3) is 0 Å². The van der Waals surface area contributed by atoms with Gasteiger partial charge in [-0.15, -0.1) is 0 Å². The fourth-order valence-corrected chi connectivity index (χ4v) is 1.76. The summed E-state index contributed by atoms with van der Waals surface area (Å²) >= 11 is 5.96. The van der Waals surface area contributed by atoms with Crippen molar-refractivity contribution in [1.82, 2.24) is 9.97 Å². The van der Waals surface area contributed by atoms with Gasteiger partial charge in [0, 0.05) is 18.6 Å². The normalized spacial score (nSPS) is 10.8. The van der Waals surface area contributed by atoms with Crippen LogP contribution in [-0.4, -0.2) is 43.5 Å². The lowest BCUT2D eigenvalue weighted by Gasteiger charge is -2.07. The van der Waals surface area contributed by atoms with E-state index in [2.05, 4.69) is 9.97 Å². The number of aromatic nitrogens is 2. The molecule has 2 rings (SSSR count). The van der Waals surface area contributed by atoms with Crippen LogP contribution in [-0.2, 0) is 9.47 Å². The third-order valence-corrected chi connectivity index (χ3v) is 2.79. The van der Waals surface area contributed by atoms with Gasteiger partial charge >= 0.3 is 0 Å². The van der Waals surface area contributed by atoms with Gasteiger partial charge in [0.2, 0.25) is 0 Å². The first-order chi connectivity index (χ1) is 9.31. The van der Waals surface area contributed by atoms with Crippen LogP contribution in [0.5, 0.6) is 5.75 Å². The average Bonchev–Trinajstić information content (AvgIpc) is 2.43. The van der Waals surface area contributed by atoms with Crippen LogP contribution < -0.4 is 4.74 Å². The van der Waals surface area contributed by atoms with E-state index < -0.39 is 0 Å². The Morgan fingerprint density at radius 1 is 1.11 bits per heavy atom. The summed E-state index contributed by atoms with van der Waals surface area (Å²) in [6.07, 6.45) is 1.43. The third kappa shape index (κ3) is 4.02. The molecule has 0 unspecified atom stereocenters. The zero-order chi connectivity index (χ0) is 13.5. The Morgan fingerprint density at radius 3 is 2.79 bits per heavy atom. The highest BCUT2D eigenvalue weighted by atomic mass is 35.5. The molecule has 0 aliphatic heterocycles. The number of rotatable bonds is 7. The molecule has 6 heteroatoms. The molecule has 0 aliphatic rings. The smallest absolute Gasteiger partial charge is 0.140 e. The first-order valence-corrected chi connectivity index (χ1v) is 6.29. The Kier molecular flexibility index (Phi) is 5.32. The van der Waals surface area contributed by atoms with Gasteiger partial charge in [-0.05, 0) is 12.1 Å². The molecule has 2 aromatic rings. The van der Waals surface area contributed by atoms with Crippen LogP contribution in [0.1, 0.15) is 0 Å². The summed E-state index contributed by atoms with van der Waals surface area (Å²) in [6.45, 7) is 2.16. The predicted octanol–water partition coefficient (Wildman–Crippen LogP) is 2.33. The van der Waals surface area contributed by atoms with Gasteiger partial charge in [0.15, 0.2) is 0 Å². The molecule has 102 valence electrons. The summed E-state index contributed by atoms with van der Waals surface area (Å²) in [4.78, 5) is 8.07. The Bertz CT molecular complexity index is 536. The molecule has 1 heterocycles. The molecule has 19 heavy (non-hydrogen) atoms. The van der Waals surface area contributed by atoms with Crippen LogP contribution in [0.3, 0.4) is 0 Å². The fraction of sp³-hybridized carbons (Fsp3) is 0.385. The van der Waals surface area contributed by atoms with Gasteiger partial charge in [-0.2, -0.15) is 0 Å². The van der Waals surface area contributed by atoms with Crippen molar-refractivity contribution in [3.05, 3.63) is 29.7 Å². The summed E-state index contributed by atoms with van der Waals surface area (Å²) < 4.78 is 15.7. The molecule has 0 amide bonds. The molecule has 0 fully saturated rings. The summed E-state index contributed by atoms with van der Waals surface area (Å²) in [5, 5.41) is 1.26. The second-order valence-electron chi connectivity index (χ2n) is 3.80. The number of nitrogens with zero attached hydrogens (tertiary/aromatic N) is 2. The SMILES string of the molecule is COCCOCCOc1ccc2c(Cl)ncnc2c1.